The maximum absolute atomic E-state index is 5.43. The normalized spacial score (nSPS) is 10.9. The number of fused-ring (bicyclic) bond motifs is 1. The van der Waals surface area contributed by atoms with Crippen molar-refractivity contribution in [2.24, 2.45) is 5.84 Å². The van der Waals surface area contributed by atoms with E-state index in [1.165, 1.54) is 4.88 Å². The van der Waals surface area contributed by atoms with Crippen molar-refractivity contribution in [3.8, 4) is 0 Å². The molecule has 0 aliphatic heterocycles. The predicted octanol–water partition coefficient (Wildman–Crippen LogP) is 1.73. The van der Waals surface area contributed by atoms with Crippen LogP contribution in [0.1, 0.15) is 11.8 Å². The second kappa shape index (κ2) is 5.43. The predicted molar refractivity (Wildman–Crippen MR) is 80.5 cm³/mol. The number of thiophene rings is 1. The van der Waals surface area contributed by atoms with E-state index in [0.717, 1.165) is 24.3 Å². The summed E-state index contributed by atoms with van der Waals surface area (Å²) in [6, 6.07) is 4.16. The van der Waals surface area contributed by atoms with Gasteiger partial charge in [-0.15, -0.1) is 11.3 Å². The molecule has 8 heteroatoms. The van der Waals surface area contributed by atoms with Crippen LogP contribution >= 0.6 is 11.3 Å². The van der Waals surface area contributed by atoms with Crippen molar-refractivity contribution in [3.63, 3.8) is 0 Å². The molecule has 0 saturated carbocycles. The molecule has 3 aromatic rings. The van der Waals surface area contributed by atoms with Gasteiger partial charge in [0.15, 0.2) is 5.65 Å². The van der Waals surface area contributed by atoms with E-state index in [2.05, 4.69) is 48.9 Å². The van der Waals surface area contributed by atoms with Crippen molar-refractivity contribution in [1.29, 1.82) is 0 Å². The molecule has 104 valence electrons. The summed E-state index contributed by atoms with van der Waals surface area (Å²) in [7, 11) is 0. The zero-order valence-corrected chi connectivity index (χ0v) is 11.8. The Hall–Kier alpha value is -2.19. The Morgan fingerprint density at radius 3 is 3.05 bits per heavy atom. The first-order valence-corrected chi connectivity index (χ1v) is 7.15. The fraction of sp³-hybridized carbons (Fsp3) is 0.250. The van der Waals surface area contributed by atoms with E-state index in [9.17, 15) is 0 Å². The molecule has 0 bridgehead atoms. The lowest BCUT2D eigenvalue weighted by atomic mass is 10.3. The summed E-state index contributed by atoms with van der Waals surface area (Å²) in [6.07, 6.45) is 1.74. The maximum atomic E-state index is 5.43. The van der Waals surface area contributed by atoms with E-state index in [1.54, 1.807) is 17.5 Å². The van der Waals surface area contributed by atoms with Gasteiger partial charge in [0, 0.05) is 11.4 Å². The second-order valence-corrected chi connectivity index (χ2v) is 5.27. The molecule has 3 aromatic heterocycles. The molecule has 0 saturated heterocycles. The number of H-pyrrole nitrogens is 1. The first kappa shape index (κ1) is 12.8. The SMILES string of the molecule is CCN(Cc1cccs1)c1nc(NN)nc2[nH]ncc12. The van der Waals surface area contributed by atoms with Gasteiger partial charge in [-0.3, -0.25) is 10.5 Å². The number of nitrogens with two attached hydrogens (primary N) is 1. The Labute approximate surface area is 119 Å². The second-order valence-electron chi connectivity index (χ2n) is 4.24. The maximum Gasteiger partial charge on any atom is 0.241 e. The van der Waals surface area contributed by atoms with Gasteiger partial charge in [-0.1, -0.05) is 6.07 Å². The van der Waals surface area contributed by atoms with Gasteiger partial charge in [-0.25, -0.2) is 5.84 Å². The highest BCUT2D eigenvalue weighted by Crippen LogP contribution is 2.25. The molecule has 4 N–H and O–H groups in total. The molecule has 0 amide bonds. The number of aromatic amines is 1. The molecule has 3 rings (SSSR count). The smallest absolute Gasteiger partial charge is 0.241 e. The van der Waals surface area contributed by atoms with Crippen LogP contribution in [-0.2, 0) is 6.54 Å². The Bertz CT molecular complexity index is 691. The van der Waals surface area contributed by atoms with Crippen molar-refractivity contribution in [2.75, 3.05) is 16.9 Å². The van der Waals surface area contributed by atoms with Crippen molar-refractivity contribution in [2.45, 2.75) is 13.5 Å². The number of hydrogen-bond donors (Lipinski definition) is 3. The van der Waals surface area contributed by atoms with E-state index >= 15 is 0 Å². The van der Waals surface area contributed by atoms with Gasteiger partial charge in [0.05, 0.1) is 18.1 Å². The Kier molecular flexibility index (Phi) is 3.48. The molecule has 0 aromatic carbocycles. The van der Waals surface area contributed by atoms with Crippen LogP contribution in [0.4, 0.5) is 11.8 Å². The molecule has 3 heterocycles. The summed E-state index contributed by atoms with van der Waals surface area (Å²) in [5.74, 6) is 6.63. The van der Waals surface area contributed by atoms with Crippen LogP contribution in [0.5, 0.6) is 0 Å². The van der Waals surface area contributed by atoms with Crippen LogP contribution in [0.25, 0.3) is 11.0 Å². The minimum atomic E-state index is 0.376. The first-order valence-electron chi connectivity index (χ1n) is 6.27. The van der Waals surface area contributed by atoms with Gasteiger partial charge in [-0.2, -0.15) is 15.1 Å². The van der Waals surface area contributed by atoms with Crippen LogP contribution in [0, 0.1) is 0 Å². The van der Waals surface area contributed by atoms with Gasteiger partial charge < -0.3 is 4.90 Å². The van der Waals surface area contributed by atoms with Gasteiger partial charge >= 0.3 is 0 Å². The monoisotopic (exact) mass is 289 g/mol. The third kappa shape index (κ3) is 2.30. The van der Waals surface area contributed by atoms with Crippen LogP contribution in [0.2, 0.25) is 0 Å². The number of rotatable bonds is 5. The summed E-state index contributed by atoms with van der Waals surface area (Å²) >= 11 is 1.73. The zero-order valence-electron chi connectivity index (χ0n) is 11.0. The van der Waals surface area contributed by atoms with Crippen LogP contribution in [0.3, 0.4) is 0 Å². The summed E-state index contributed by atoms with van der Waals surface area (Å²) in [6.45, 7) is 3.73. The first-order chi connectivity index (χ1) is 9.81. The largest absolute Gasteiger partial charge is 0.351 e. The molecular weight excluding hydrogens is 274 g/mol. The van der Waals surface area contributed by atoms with Gasteiger partial charge in [-0.05, 0) is 18.4 Å². The molecule has 0 spiro atoms. The quantitative estimate of drug-likeness (QED) is 0.489. The van der Waals surface area contributed by atoms with Crippen molar-refractivity contribution in [1.82, 2.24) is 20.2 Å². The van der Waals surface area contributed by atoms with Gasteiger partial charge in [0.25, 0.3) is 0 Å². The minimum absolute atomic E-state index is 0.376. The average Bonchev–Trinajstić information content (AvgIpc) is 3.14. The summed E-state index contributed by atoms with van der Waals surface area (Å²) < 4.78 is 0. The highest BCUT2D eigenvalue weighted by atomic mass is 32.1. The molecular formula is C12H15N7S. The highest BCUT2D eigenvalue weighted by molar-refractivity contribution is 7.09. The summed E-state index contributed by atoms with van der Waals surface area (Å²) in [4.78, 5) is 12.2. The Morgan fingerprint density at radius 1 is 1.45 bits per heavy atom. The van der Waals surface area contributed by atoms with E-state index in [-0.39, 0.29) is 0 Å². The topological polar surface area (TPSA) is 95.8 Å². The van der Waals surface area contributed by atoms with E-state index in [0.29, 0.717) is 11.6 Å². The Morgan fingerprint density at radius 2 is 2.35 bits per heavy atom. The van der Waals surface area contributed by atoms with Crippen molar-refractivity contribution in [3.05, 3.63) is 28.6 Å². The lowest BCUT2D eigenvalue weighted by molar-refractivity contribution is 0.826. The fourth-order valence-corrected chi connectivity index (χ4v) is 2.77. The van der Waals surface area contributed by atoms with Crippen LogP contribution < -0.4 is 16.2 Å². The molecule has 0 atom stereocenters. The van der Waals surface area contributed by atoms with Crippen LogP contribution in [-0.4, -0.2) is 26.7 Å². The molecule has 0 aliphatic carbocycles. The number of nitrogen functional groups attached to an aromatic ring is 1. The number of aromatic nitrogens is 4. The summed E-state index contributed by atoms with van der Waals surface area (Å²) in [5.41, 5.74) is 3.17. The molecule has 20 heavy (non-hydrogen) atoms. The third-order valence-electron chi connectivity index (χ3n) is 3.03. The highest BCUT2D eigenvalue weighted by Gasteiger charge is 2.15. The van der Waals surface area contributed by atoms with Gasteiger partial charge in [0.2, 0.25) is 5.95 Å². The number of nitrogens with one attached hydrogen (secondary N) is 2. The van der Waals surface area contributed by atoms with E-state index in [1.807, 2.05) is 6.07 Å². The average molecular weight is 289 g/mol. The van der Waals surface area contributed by atoms with E-state index in [4.69, 9.17) is 5.84 Å². The standard InChI is InChI=1S/C12H15N7S/c1-2-19(7-8-4-3-5-20-8)11-9-6-14-18-10(9)15-12(16-11)17-13/h3-6H,2,7,13H2,1H3,(H2,14,15,16,17,18). The van der Waals surface area contributed by atoms with Crippen molar-refractivity contribution >= 4 is 34.1 Å². The van der Waals surface area contributed by atoms with E-state index < -0.39 is 0 Å². The zero-order chi connectivity index (χ0) is 13.9. The Balaban J connectivity index is 2.03. The summed E-state index contributed by atoms with van der Waals surface area (Å²) in [5, 5.41) is 9.85. The lowest BCUT2D eigenvalue weighted by Crippen LogP contribution is -2.24. The molecule has 7 nitrogen and oxygen atoms in total. The number of anilines is 2. The van der Waals surface area contributed by atoms with Crippen molar-refractivity contribution < 1.29 is 0 Å². The molecule has 0 fully saturated rings. The molecule has 0 aliphatic rings. The fourth-order valence-electron chi connectivity index (χ4n) is 2.05. The number of hydrogen-bond acceptors (Lipinski definition) is 7. The molecule has 0 unspecified atom stereocenters. The third-order valence-corrected chi connectivity index (χ3v) is 3.89. The molecule has 0 radical (unpaired) electrons. The number of nitrogens with zero attached hydrogens (tertiary/aromatic N) is 4. The lowest BCUT2D eigenvalue weighted by Gasteiger charge is -2.22. The van der Waals surface area contributed by atoms with Crippen LogP contribution in [0.15, 0.2) is 23.7 Å². The number of hydrazine groups is 1. The minimum Gasteiger partial charge on any atom is -0.351 e. The van der Waals surface area contributed by atoms with Gasteiger partial charge in [0.1, 0.15) is 5.82 Å².